The largest absolute Gasteiger partial charge is 0.379 e. The van der Waals surface area contributed by atoms with Crippen molar-refractivity contribution >= 4 is 15.9 Å². The molecule has 2 aromatic carbocycles. The highest BCUT2D eigenvalue weighted by Gasteiger charge is 2.28. The summed E-state index contributed by atoms with van der Waals surface area (Å²) in [5.74, 6) is 0.0928. The molecule has 4 rings (SSSR count). The van der Waals surface area contributed by atoms with E-state index >= 15 is 0 Å². The number of carbonyl (C=O) groups is 1. The number of amides is 1. The molecule has 2 aliphatic rings. The van der Waals surface area contributed by atoms with Gasteiger partial charge in [0, 0.05) is 32.7 Å². The minimum absolute atomic E-state index is 0.0928. The zero-order valence-corrected chi connectivity index (χ0v) is 18.4. The van der Waals surface area contributed by atoms with Gasteiger partial charge in [-0.05, 0) is 36.1 Å². The Morgan fingerprint density at radius 1 is 0.935 bits per heavy atom. The van der Waals surface area contributed by atoms with Crippen LogP contribution < -0.4 is 5.32 Å². The minimum atomic E-state index is -3.51. The van der Waals surface area contributed by atoms with Gasteiger partial charge in [0.1, 0.15) is 6.04 Å². The number of hydrogen-bond donors (Lipinski definition) is 1. The van der Waals surface area contributed by atoms with Gasteiger partial charge in [0.2, 0.25) is 15.9 Å². The maximum Gasteiger partial charge on any atom is 0.244 e. The van der Waals surface area contributed by atoms with Gasteiger partial charge in [-0.15, -0.1) is 0 Å². The number of carbonyl (C=O) groups excluding carboxylic acids is 1. The van der Waals surface area contributed by atoms with Crippen molar-refractivity contribution in [1.82, 2.24) is 14.5 Å². The van der Waals surface area contributed by atoms with Crippen LogP contribution in [0, 0.1) is 0 Å². The van der Waals surface area contributed by atoms with Crippen molar-refractivity contribution in [3.05, 3.63) is 65.7 Å². The van der Waals surface area contributed by atoms with Crippen LogP contribution >= 0.6 is 0 Å². The van der Waals surface area contributed by atoms with Crippen LogP contribution in [-0.4, -0.2) is 62.9 Å². The number of morpholine rings is 1. The molecule has 1 atom stereocenters. The van der Waals surface area contributed by atoms with Crippen LogP contribution in [0.15, 0.2) is 59.5 Å². The molecule has 2 fully saturated rings. The maximum absolute atomic E-state index is 13.1. The highest BCUT2D eigenvalue weighted by atomic mass is 32.2. The topological polar surface area (TPSA) is 79.0 Å². The third kappa shape index (κ3) is 5.15. The van der Waals surface area contributed by atoms with Crippen molar-refractivity contribution < 1.29 is 17.9 Å². The Morgan fingerprint density at radius 2 is 1.58 bits per heavy atom. The number of nitrogens with one attached hydrogen (secondary N) is 1. The summed E-state index contributed by atoms with van der Waals surface area (Å²) in [4.78, 5) is 15.3. The highest BCUT2D eigenvalue weighted by molar-refractivity contribution is 7.89. The molecule has 1 amide bonds. The van der Waals surface area contributed by atoms with Crippen LogP contribution in [0.1, 0.15) is 30.0 Å². The van der Waals surface area contributed by atoms with Crippen molar-refractivity contribution in [2.75, 3.05) is 39.4 Å². The molecule has 31 heavy (non-hydrogen) atoms. The van der Waals surface area contributed by atoms with Gasteiger partial charge in [0.05, 0.1) is 18.1 Å². The standard InChI is InChI=1S/C23H29N3O4S/c27-23(25-12-4-5-13-25)22(20-6-2-1-3-7-20)24-18-19-8-10-21(11-9-19)31(28,29)26-14-16-30-17-15-26/h1-3,6-11,22,24H,4-5,12-18H2/t22-/m0/s1. The molecule has 0 aromatic heterocycles. The molecule has 1 N–H and O–H groups in total. The summed E-state index contributed by atoms with van der Waals surface area (Å²) in [6.07, 6.45) is 2.10. The molecule has 2 heterocycles. The summed E-state index contributed by atoms with van der Waals surface area (Å²) >= 11 is 0. The first-order chi connectivity index (χ1) is 15.1. The normalized spacial score (nSPS) is 18.8. The number of likely N-dealkylation sites (tertiary alicyclic amines) is 1. The average Bonchev–Trinajstić information content (AvgIpc) is 3.36. The quantitative estimate of drug-likeness (QED) is 0.710. The first-order valence-corrected chi connectivity index (χ1v) is 12.2. The second-order valence-electron chi connectivity index (χ2n) is 7.92. The van der Waals surface area contributed by atoms with Gasteiger partial charge in [-0.3, -0.25) is 10.1 Å². The molecular formula is C23H29N3O4S. The fourth-order valence-electron chi connectivity index (χ4n) is 4.05. The summed E-state index contributed by atoms with van der Waals surface area (Å²) < 4.78 is 32.3. The summed E-state index contributed by atoms with van der Waals surface area (Å²) in [5.41, 5.74) is 1.86. The van der Waals surface area contributed by atoms with Gasteiger partial charge in [-0.1, -0.05) is 42.5 Å². The molecule has 0 unspecified atom stereocenters. The molecule has 7 nitrogen and oxygen atoms in total. The number of benzene rings is 2. The molecule has 0 radical (unpaired) electrons. The monoisotopic (exact) mass is 443 g/mol. The van der Waals surface area contributed by atoms with Crippen LogP contribution in [0.4, 0.5) is 0 Å². The van der Waals surface area contributed by atoms with Gasteiger partial charge in [-0.2, -0.15) is 4.31 Å². The van der Waals surface area contributed by atoms with E-state index in [9.17, 15) is 13.2 Å². The van der Waals surface area contributed by atoms with Gasteiger partial charge >= 0.3 is 0 Å². The molecule has 2 saturated heterocycles. The Hall–Kier alpha value is -2.26. The number of sulfonamides is 1. The molecule has 0 bridgehead atoms. The van der Waals surface area contributed by atoms with Crippen molar-refractivity contribution in [3.8, 4) is 0 Å². The molecule has 2 aromatic rings. The Morgan fingerprint density at radius 3 is 2.23 bits per heavy atom. The lowest BCUT2D eigenvalue weighted by atomic mass is 10.0. The van der Waals surface area contributed by atoms with Crippen molar-refractivity contribution in [3.63, 3.8) is 0 Å². The second-order valence-corrected chi connectivity index (χ2v) is 9.86. The summed E-state index contributed by atoms with van der Waals surface area (Å²) in [7, 11) is -3.51. The lowest BCUT2D eigenvalue weighted by molar-refractivity contribution is -0.132. The van der Waals surface area contributed by atoms with E-state index in [4.69, 9.17) is 4.74 Å². The molecular weight excluding hydrogens is 414 g/mol. The molecule has 8 heteroatoms. The van der Waals surface area contributed by atoms with E-state index < -0.39 is 16.1 Å². The Kier molecular flexibility index (Phi) is 7.02. The van der Waals surface area contributed by atoms with Gasteiger partial charge < -0.3 is 9.64 Å². The summed E-state index contributed by atoms with van der Waals surface area (Å²) in [6.45, 7) is 3.68. The van der Waals surface area contributed by atoms with Gasteiger partial charge in [-0.25, -0.2) is 8.42 Å². The summed E-state index contributed by atoms with van der Waals surface area (Å²) in [6, 6.07) is 16.2. The van der Waals surface area contributed by atoms with E-state index in [1.54, 1.807) is 12.1 Å². The van der Waals surface area contributed by atoms with Crippen LogP contribution in [0.5, 0.6) is 0 Å². The van der Waals surface area contributed by atoms with Gasteiger partial charge in [0.15, 0.2) is 0 Å². The third-order valence-electron chi connectivity index (χ3n) is 5.84. The average molecular weight is 444 g/mol. The van der Waals surface area contributed by atoms with Crippen LogP contribution in [0.2, 0.25) is 0 Å². The summed E-state index contributed by atoms with van der Waals surface area (Å²) in [5, 5.41) is 3.38. The smallest absolute Gasteiger partial charge is 0.244 e. The van der Waals surface area contributed by atoms with E-state index in [0.29, 0.717) is 32.8 Å². The Bertz CT molecular complexity index is 968. The molecule has 0 spiro atoms. The van der Waals surface area contributed by atoms with Gasteiger partial charge in [0.25, 0.3) is 0 Å². The van der Waals surface area contributed by atoms with E-state index in [1.807, 2.05) is 47.4 Å². The Labute approximate surface area is 184 Å². The predicted octanol–water partition coefficient (Wildman–Crippen LogP) is 2.16. The lowest BCUT2D eigenvalue weighted by Crippen LogP contribution is -2.40. The van der Waals surface area contributed by atoms with E-state index in [1.165, 1.54) is 4.31 Å². The van der Waals surface area contributed by atoms with Crippen molar-refractivity contribution in [2.45, 2.75) is 30.3 Å². The van der Waals surface area contributed by atoms with E-state index in [2.05, 4.69) is 5.32 Å². The molecule has 0 aliphatic carbocycles. The zero-order chi connectivity index (χ0) is 21.7. The van der Waals surface area contributed by atoms with Crippen molar-refractivity contribution in [2.24, 2.45) is 0 Å². The fraction of sp³-hybridized carbons (Fsp3) is 0.435. The van der Waals surface area contributed by atoms with Crippen LogP contribution in [0.3, 0.4) is 0 Å². The number of rotatable bonds is 7. The third-order valence-corrected chi connectivity index (χ3v) is 7.75. The molecule has 0 saturated carbocycles. The molecule has 2 aliphatic heterocycles. The highest BCUT2D eigenvalue weighted by Crippen LogP contribution is 2.21. The number of nitrogens with zero attached hydrogens (tertiary/aromatic N) is 2. The zero-order valence-electron chi connectivity index (χ0n) is 17.6. The van der Waals surface area contributed by atoms with Crippen molar-refractivity contribution in [1.29, 1.82) is 0 Å². The number of ether oxygens (including phenoxy) is 1. The van der Waals surface area contributed by atoms with Crippen LogP contribution in [0.25, 0.3) is 0 Å². The minimum Gasteiger partial charge on any atom is -0.379 e. The maximum atomic E-state index is 13.1. The SMILES string of the molecule is O=C([C@@H](NCc1ccc(S(=O)(=O)N2CCOCC2)cc1)c1ccccc1)N1CCCC1. The first-order valence-electron chi connectivity index (χ1n) is 10.8. The second kappa shape index (κ2) is 9.91. The van der Waals surface area contributed by atoms with E-state index in [-0.39, 0.29) is 10.8 Å². The first kappa shape index (κ1) is 22.0. The molecule has 166 valence electrons. The fourth-order valence-corrected chi connectivity index (χ4v) is 5.46. The number of hydrogen-bond acceptors (Lipinski definition) is 5. The van der Waals surface area contributed by atoms with Crippen LogP contribution in [-0.2, 0) is 26.1 Å². The Balaban J connectivity index is 1.45. The van der Waals surface area contributed by atoms with E-state index in [0.717, 1.165) is 37.1 Å². The predicted molar refractivity (Wildman–Crippen MR) is 118 cm³/mol. The lowest BCUT2D eigenvalue weighted by Gasteiger charge is -2.26.